The van der Waals surface area contributed by atoms with Crippen LogP contribution in [-0.4, -0.2) is 104 Å². The van der Waals surface area contributed by atoms with Crippen LogP contribution in [0.5, 0.6) is 0 Å². The Morgan fingerprint density at radius 3 is 1.03 bits per heavy atom. The molecule has 0 atom stereocenters. The fourth-order valence-corrected chi connectivity index (χ4v) is 10.3. The lowest BCUT2D eigenvalue weighted by atomic mass is 9.93. The standard InChI is InChI=1S/C59H118N4O2/c1-5-9-13-17-21-22-23-24-25-28-33-37-46-60(47-38-34-29-30-36-42-56-64)51-43-58-44-52-63(53-45-58)59(65)57-62(50-41-35-27-19-15-11-7-3)55-54-61(48-39-31-20-16-12-8-4)49-40-32-26-18-14-10-6-2/h56,58H,5-55,57H2,1-4H3. The fraction of sp³-hybridized carbons (Fsp3) is 0.966. The Balaban J connectivity index is 2.67. The first-order chi connectivity index (χ1) is 32.1. The van der Waals surface area contributed by atoms with Gasteiger partial charge in [0.2, 0.25) is 5.91 Å². The zero-order valence-corrected chi connectivity index (χ0v) is 45.0. The maximum atomic E-state index is 14.0. The molecule has 0 N–H and O–H groups in total. The Kier molecular flexibility index (Phi) is 47.2. The molecular formula is C59H118N4O2. The third-order valence-corrected chi connectivity index (χ3v) is 15.0. The van der Waals surface area contributed by atoms with Gasteiger partial charge in [-0.1, -0.05) is 227 Å². The van der Waals surface area contributed by atoms with Crippen molar-refractivity contribution in [1.29, 1.82) is 0 Å². The van der Waals surface area contributed by atoms with Crippen molar-refractivity contribution in [2.75, 3.05) is 72.0 Å². The molecule has 65 heavy (non-hydrogen) atoms. The van der Waals surface area contributed by atoms with Crippen LogP contribution in [0.15, 0.2) is 0 Å². The minimum Gasteiger partial charge on any atom is -0.342 e. The number of likely N-dealkylation sites (tertiary alicyclic amines) is 1. The van der Waals surface area contributed by atoms with Gasteiger partial charge in [0.1, 0.15) is 6.29 Å². The summed E-state index contributed by atoms with van der Waals surface area (Å²) in [7, 11) is 0. The number of carbonyl (C=O) groups is 2. The summed E-state index contributed by atoms with van der Waals surface area (Å²) in [5.41, 5.74) is 0. The third-order valence-electron chi connectivity index (χ3n) is 15.0. The van der Waals surface area contributed by atoms with Gasteiger partial charge in [0, 0.05) is 32.6 Å². The number of hydrogen-bond donors (Lipinski definition) is 0. The molecule has 0 spiro atoms. The quantitative estimate of drug-likeness (QED) is 0.0449. The highest BCUT2D eigenvalue weighted by atomic mass is 16.2. The Morgan fingerprint density at radius 2 is 0.677 bits per heavy atom. The average Bonchev–Trinajstić information content (AvgIpc) is 3.32. The summed E-state index contributed by atoms with van der Waals surface area (Å²) >= 11 is 0. The highest BCUT2D eigenvalue weighted by molar-refractivity contribution is 5.78. The van der Waals surface area contributed by atoms with E-state index in [4.69, 9.17) is 0 Å². The minimum atomic E-state index is 0.391. The van der Waals surface area contributed by atoms with Crippen LogP contribution in [0.4, 0.5) is 0 Å². The fourth-order valence-electron chi connectivity index (χ4n) is 10.3. The van der Waals surface area contributed by atoms with Gasteiger partial charge in [0.05, 0.1) is 6.54 Å². The first-order valence-electron chi connectivity index (χ1n) is 30.0. The van der Waals surface area contributed by atoms with Gasteiger partial charge in [-0.3, -0.25) is 9.69 Å². The number of hydrogen-bond acceptors (Lipinski definition) is 5. The molecule has 0 saturated carbocycles. The van der Waals surface area contributed by atoms with E-state index in [1.165, 1.54) is 283 Å². The highest BCUT2D eigenvalue weighted by Gasteiger charge is 2.25. The van der Waals surface area contributed by atoms with Crippen molar-refractivity contribution in [3.8, 4) is 0 Å². The van der Waals surface area contributed by atoms with Crippen LogP contribution >= 0.6 is 0 Å². The molecule has 1 rings (SSSR count). The van der Waals surface area contributed by atoms with Crippen LogP contribution in [0.1, 0.15) is 291 Å². The molecule has 1 saturated heterocycles. The summed E-state index contributed by atoms with van der Waals surface area (Å²) in [6, 6.07) is 0. The monoisotopic (exact) mass is 915 g/mol. The van der Waals surface area contributed by atoms with Gasteiger partial charge in [-0.05, 0) is 103 Å². The normalized spacial score (nSPS) is 13.6. The van der Waals surface area contributed by atoms with Gasteiger partial charge in [-0.15, -0.1) is 0 Å². The first-order valence-corrected chi connectivity index (χ1v) is 30.0. The second-order valence-electron chi connectivity index (χ2n) is 21.2. The lowest BCUT2D eigenvalue weighted by Crippen LogP contribution is -2.46. The predicted octanol–water partition coefficient (Wildman–Crippen LogP) is 16.6. The van der Waals surface area contributed by atoms with Crippen LogP contribution in [0.25, 0.3) is 0 Å². The van der Waals surface area contributed by atoms with Crippen LogP contribution in [0.3, 0.4) is 0 Å². The van der Waals surface area contributed by atoms with Gasteiger partial charge in [-0.2, -0.15) is 0 Å². The van der Waals surface area contributed by atoms with E-state index in [2.05, 4.69) is 47.3 Å². The van der Waals surface area contributed by atoms with E-state index in [0.717, 1.165) is 57.8 Å². The van der Waals surface area contributed by atoms with E-state index < -0.39 is 0 Å². The molecule has 1 aliphatic rings. The van der Waals surface area contributed by atoms with Crippen molar-refractivity contribution in [3.63, 3.8) is 0 Å². The van der Waals surface area contributed by atoms with E-state index in [1.807, 2.05) is 0 Å². The Morgan fingerprint density at radius 1 is 0.385 bits per heavy atom. The zero-order chi connectivity index (χ0) is 46.9. The first kappa shape index (κ1) is 62.0. The van der Waals surface area contributed by atoms with Crippen molar-refractivity contribution in [2.45, 2.75) is 291 Å². The molecule has 0 aromatic carbocycles. The highest BCUT2D eigenvalue weighted by Crippen LogP contribution is 2.22. The Bertz CT molecular complexity index is 970. The predicted molar refractivity (Wildman–Crippen MR) is 287 cm³/mol. The van der Waals surface area contributed by atoms with E-state index >= 15 is 0 Å². The third kappa shape index (κ3) is 40.6. The van der Waals surface area contributed by atoms with Gasteiger partial charge < -0.3 is 19.5 Å². The molecule has 0 radical (unpaired) electrons. The molecule has 1 amide bonds. The summed E-state index contributed by atoms with van der Waals surface area (Å²) in [6.07, 6.45) is 55.6. The molecule has 1 aliphatic heterocycles. The van der Waals surface area contributed by atoms with Crippen molar-refractivity contribution in [3.05, 3.63) is 0 Å². The lowest BCUT2D eigenvalue weighted by molar-refractivity contribution is -0.134. The van der Waals surface area contributed by atoms with Crippen molar-refractivity contribution >= 4 is 12.2 Å². The molecule has 1 heterocycles. The number of rotatable bonds is 52. The largest absolute Gasteiger partial charge is 0.342 e. The Hall–Kier alpha value is -0.980. The van der Waals surface area contributed by atoms with E-state index in [1.54, 1.807) is 0 Å². The maximum absolute atomic E-state index is 14.0. The number of amides is 1. The van der Waals surface area contributed by atoms with Crippen molar-refractivity contribution in [2.24, 2.45) is 5.92 Å². The van der Waals surface area contributed by atoms with E-state index in [9.17, 15) is 9.59 Å². The minimum absolute atomic E-state index is 0.391. The SMILES string of the molecule is CCCCCCCCCCCCCCN(CCCCCCCC=O)CCC1CCN(C(=O)CN(CCCCCCCCC)CCN(CCCCCCCC)CCCCCCCCC)CC1. The topological polar surface area (TPSA) is 47.1 Å². The van der Waals surface area contributed by atoms with Crippen molar-refractivity contribution in [1.82, 2.24) is 19.6 Å². The number of aldehydes is 1. The van der Waals surface area contributed by atoms with Crippen LogP contribution in [0, 0.1) is 5.92 Å². The molecule has 0 bridgehead atoms. The average molecular weight is 916 g/mol. The second-order valence-corrected chi connectivity index (χ2v) is 21.2. The maximum Gasteiger partial charge on any atom is 0.236 e. The molecule has 386 valence electrons. The molecule has 0 aromatic heterocycles. The summed E-state index contributed by atoms with van der Waals surface area (Å²) < 4.78 is 0. The molecule has 6 nitrogen and oxygen atoms in total. The molecule has 6 heteroatoms. The number of nitrogens with zero attached hydrogens (tertiary/aromatic N) is 4. The summed E-state index contributed by atoms with van der Waals surface area (Å²) in [4.78, 5) is 35.1. The van der Waals surface area contributed by atoms with Gasteiger partial charge in [0.15, 0.2) is 0 Å². The molecule has 0 aromatic rings. The molecular weight excluding hydrogens is 797 g/mol. The number of piperidine rings is 1. The summed E-state index contributed by atoms with van der Waals surface area (Å²) in [5, 5.41) is 0. The number of unbranched alkanes of at least 4 members (excludes halogenated alkanes) is 33. The summed E-state index contributed by atoms with van der Waals surface area (Å²) in [6.45, 7) is 21.2. The van der Waals surface area contributed by atoms with Crippen LogP contribution in [0.2, 0.25) is 0 Å². The van der Waals surface area contributed by atoms with Gasteiger partial charge >= 0.3 is 0 Å². The summed E-state index contributed by atoms with van der Waals surface area (Å²) in [5.74, 6) is 1.14. The lowest BCUT2D eigenvalue weighted by Gasteiger charge is -2.35. The second kappa shape index (κ2) is 49.4. The van der Waals surface area contributed by atoms with Gasteiger partial charge in [0.25, 0.3) is 0 Å². The Labute approximate surface area is 408 Å². The van der Waals surface area contributed by atoms with Crippen molar-refractivity contribution < 1.29 is 9.59 Å². The molecule has 1 fully saturated rings. The van der Waals surface area contributed by atoms with Gasteiger partial charge in [-0.25, -0.2) is 0 Å². The number of carbonyl (C=O) groups excluding carboxylic acids is 2. The molecule has 0 unspecified atom stereocenters. The smallest absolute Gasteiger partial charge is 0.236 e. The molecule has 0 aliphatic carbocycles. The van der Waals surface area contributed by atoms with E-state index in [0.29, 0.717) is 12.5 Å². The van der Waals surface area contributed by atoms with Crippen LogP contribution in [-0.2, 0) is 9.59 Å². The zero-order valence-electron chi connectivity index (χ0n) is 45.0. The van der Waals surface area contributed by atoms with E-state index in [-0.39, 0.29) is 0 Å². The van der Waals surface area contributed by atoms with Crippen LogP contribution < -0.4 is 0 Å².